The molecule has 8 heteroatoms. The number of rotatable bonds is 9. The summed E-state index contributed by atoms with van der Waals surface area (Å²) in [6, 6.07) is 13.8. The Morgan fingerprint density at radius 2 is 1.86 bits per heavy atom. The van der Waals surface area contributed by atoms with Gasteiger partial charge in [0.25, 0.3) is 11.8 Å². The Morgan fingerprint density at radius 1 is 1.14 bits per heavy atom. The number of nitrogens with two attached hydrogens (primary N) is 1. The molecular formula is C21H26ClN3O4. The van der Waals surface area contributed by atoms with E-state index < -0.39 is 0 Å². The SMILES string of the molecule is COc1cccc(NC(=O)COc2ccc(C(=O)NC(CN)C3CC3)cc2)c1.Cl. The zero-order chi connectivity index (χ0) is 19.9. The fourth-order valence-corrected chi connectivity index (χ4v) is 2.87. The van der Waals surface area contributed by atoms with Crippen LogP contribution in [0.15, 0.2) is 48.5 Å². The van der Waals surface area contributed by atoms with Crippen LogP contribution in [0.3, 0.4) is 0 Å². The molecule has 1 aliphatic rings. The van der Waals surface area contributed by atoms with Crippen molar-refractivity contribution in [2.24, 2.45) is 11.7 Å². The van der Waals surface area contributed by atoms with Crippen LogP contribution in [-0.4, -0.2) is 38.1 Å². The zero-order valence-electron chi connectivity index (χ0n) is 16.2. The maximum Gasteiger partial charge on any atom is 0.262 e. The third-order valence-electron chi connectivity index (χ3n) is 4.60. The van der Waals surface area contributed by atoms with Crippen LogP contribution in [0.25, 0.3) is 0 Å². The lowest BCUT2D eigenvalue weighted by Crippen LogP contribution is -2.41. The van der Waals surface area contributed by atoms with Crippen LogP contribution < -0.4 is 25.8 Å². The van der Waals surface area contributed by atoms with Gasteiger partial charge in [0.05, 0.1) is 7.11 Å². The summed E-state index contributed by atoms with van der Waals surface area (Å²) in [7, 11) is 1.57. The fraction of sp³-hybridized carbons (Fsp3) is 0.333. The second-order valence-corrected chi connectivity index (χ2v) is 6.75. The molecule has 1 unspecified atom stereocenters. The van der Waals surface area contributed by atoms with Gasteiger partial charge < -0.3 is 25.8 Å². The highest BCUT2D eigenvalue weighted by atomic mass is 35.5. The van der Waals surface area contributed by atoms with Gasteiger partial charge in [-0.05, 0) is 55.2 Å². The summed E-state index contributed by atoms with van der Waals surface area (Å²) in [5, 5.41) is 5.71. The minimum absolute atomic E-state index is 0. The number of halogens is 1. The molecule has 0 aromatic heterocycles. The number of carbonyl (C=O) groups excluding carboxylic acids is 2. The highest BCUT2D eigenvalue weighted by molar-refractivity contribution is 5.94. The summed E-state index contributed by atoms with van der Waals surface area (Å²) in [6.07, 6.45) is 2.24. The first kappa shape index (κ1) is 22.5. The summed E-state index contributed by atoms with van der Waals surface area (Å²) in [5.74, 6) is 1.23. The predicted octanol–water partition coefficient (Wildman–Crippen LogP) is 2.60. The molecular weight excluding hydrogens is 394 g/mol. The third kappa shape index (κ3) is 6.66. The Labute approximate surface area is 176 Å². The Hall–Kier alpha value is -2.77. The largest absolute Gasteiger partial charge is 0.497 e. The van der Waals surface area contributed by atoms with Crippen molar-refractivity contribution in [1.29, 1.82) is 0 Å². The van der Waals surface area contributed by atoms with Crippen molar-refractivity contribution < 1.29 is 19.1 Å². The van der Waals surface area contributed by atoms with Gasteiger partial charge in [-0.3, -0.25) is 9.59 Å². The number of benzene rings is 2. The van der Waals surface area contributed by atoms with Crippen LogP contribution in [-0.2, 0) is 4.79 Å². The van der Waals surface area contributed by atoms with Crippen molar-refractivity contribution in [2.45, 2.75) is 18.9 Å². The molecule has 3 rings (SSSR count). The Bertz CT molecular complexity index is 825. The van der Waals surface area contributed by atoms with Gasteiger partial charge in [0, 0.05) is 29.9 Å². The Balaban J connectivity index is 0.00000300. The van der Waals surface area contributed by atoms with Crippen LogP contribution in [0.2, 0.25) is 0 Å². The normalized spacial score (nSPS) is 13.6. The molecule has 1 fully saturated rings. The standard InChI is InChI=1S/C21H25N3O4.ClH/c1-27-18-4-2-3-16(11-18)23-20(25)13-28-17-9-7-15(8-10-17)21(26)24-19(12-22)14-5-6-14;/h2-4,7-11,14,19H,5-6,12-13,22H2,1H3,(H,23,25)(H,24,26);1H. The summed E-state index contributed by atoms with van der Waals surface area (Å²) >= 11 is 0. The van der Waals surface area contributed by atoms with E-state index >= 15 is 0 Å². The summed E-state index contributed by atoms with van der Waals surface area (Å²) in [4.78, 5) is 24.3. The van der Waals surface area contributed by atoms with Gasteiger partial charge in [0.15, 0.2) is 6.61 Å². The molecule has 0 radical (unpaired) electrons. The maximum absolute atomic E-state index is 12.3. The van der Waals surface area contributed by atoms with Crippen LogP contribution >= 0.6 is 12.4 Å². The molecule has 0 heterocycles. The van der Waals surface area contributed by atoms with Gasteiger partial charge in [0.1, 0.15) is 11.5 Å². The first-order valence-corrected chi connectivity index (χ1v) is 9.26. The minimum Gasteiger partial charge on any atom is -0.497 e. The molecule has 2 aromatic rings. The second-order valence-electron chi connectivity index (χ2n) is 6.75. The topological polar surface area (TPSA) is 103 Å². The number of anilines is 1. The van der Waals surface area contributed by atoms with Gasteiger partial charge in [-0.25, -0.2) is 0 Å². The highest BCUT2D eigenvalue weighted by Gasteiger charge is 2.31. The van der Waals surface area contributed by atoms with Crippen LogP contribution in [0.1, 0.15) is 23.2 Å². The van der Waals surface area contributed by atoms with E-state index in [1.807, 2.05) is 0 Å². The lowest BCUT2D eigenvalue weighted by atomic mass is 10.1. The summed E-state index contributed by atoms with van der Waals surface area (Å²) < 4.78 is 10.6. The molecule has 1 saturated carbocycles. The van der Waals surface area contributed by atoms with Gasteiger partial charge >= 0.3 is 0 Å². The third-order valence-corrected chi connectivity index (χ3v) is 4.60. The van der Waals surface area contributed by atoms with Crippen molar-refractivity contribution in [3.8, 4) is 11.5 Å². The highest BCUT2D eigenvalue weighted by Crippen LogP contribution is 2.32. The quantitative estimate of drug-likeness (QED) is 0.579. The van der Waals surface area contributed by atoms with E-state index in [1.165, 1.54) is 0 Å². The van der Waals surface area contributed by atoms with E-state index in [2.05, 4.69) is 10.6 Å². The molecule has 1 atom stereocenters. The van der Waals surface area contributed by atoms with Crippen LogP contribution in [0, 0.1) is 5.92 Å². The monoisotopic (exact) mass is 419 g/mol. The number of nitrogens with one attached hydrogen (secondary N) is 2. The molecule has 0 aliphatic heterocycles. The van der Waals surface area contributed by atoms with E-state index in [0.29, 0.717) is 35.2 Å². The number of methoxy groups -OCH3 is 1. The van der Waals surface area contributed by atoms with E-state index in [0.717, 1.165) is 12.8 Å². The molecule has 7 nitrogen and oxygen atoms in total. The molecule has 156 valence electrons. The van der Waals surface area contributed by atoms with Crippen LogP contribution in [0.4, 0.5) is 5.69 Å². The summed E-state index contributed by atoms with van der Waals surface area (Å²) in [6.45, 7) is 0.305. The van der Waals surface area contributed by atoms with Crippen molar-refractivity contribution >= 4 is 29.9 Å². The van der Waals surface area contributed by atoms with E-state index in [1.54, 1.807) is 55.6 Å². The van der Waals surface area contributed by atoms with Crippen molar-refractivity contribution in [2.75, 3.05) is 25.6 Å². The molecule has 29 heavy (non-hydrogen) atoms. The molecule has 1 aliphatic carbocycles. The van der Waals surface area contributed by atoms with Crippen LogP contribution in [0.5, 0.6) is 11.5 Å². The van der Waals surface area contributed by atoms with Gasteiger partial charge in [-0.15, -0.1) is 12.4 Å². The number of ether oxygens (including phenoxy) is 2. The van der Waals surface area contributed by atoms with E-state index in [4.69, 9.17) is 15.2 Å². The van der Waals surface area contributed by atoms with Gasteiger partial charge in [-0.2, -0.15) is 0 Å². The maximum atomic E-state index is 12.3. The average Bonchev–Trinajstić information content (AvgIpc) is 3.56. The molecule has 2 amide bonds. The number of hydrogen-bond acceptors (Lipinski definition) is 5. The molecule has 0 bridgehead atoms. The summed E-state index contributed by atoms with van der Waals surface area (Å²) in [5.41, 5.74) is 6.89. The van der Waals surface area contributed by atoms with Gasteiger partial charge in [-0.1, -0.05) is 6.07 Å². The zero-order valence-corrected chi connectivity index (χ0v) is 17.0. The van der Waals surface area contributed by atoms with Crippen molar-refractivity contribution in [3.63, 3.8) is 0 Å². The van der Waals surface area contributed by atoms with E-state index in [-0.39, 0.29) is 36.9 Å². The van der Waals surface area contributed by atoms with Gasteiger partial charge in [0.2, 0.25) is 0 Å². The predicted molar refractivity (Wildman–Crippen MR) is 114 cm³/mol. The smallest absolute Gasteiger partial charge is 0.262 e. The fourth-order valence-electron chi connectivity index (χ4n) is 2.87. The molecule has 0 spiro atoms. The number of hydrogen-bond donors (Lipinski definition) is 3. The minimum atomic E-state index is -0.287. The first-order chi connectivity index (χ1) is 13.6. The Kier molecular flexibility index (Phi) is 8.30. The average molecular weight is 420 g/mol. The van der Waals surface area contributed by atoms with Crippen molar-refractivity contribution in [1.82, 2.24) is 5.32 Å². The number of carbonyl (C=O) groups is 2. The lowest BCUT2D eigenvalue weighted by molar-refractivity contribution is -0.118. The molecule has 4 N–H and O–H groups in total. The lowest BCUT2D eigenvalue weighted by Gasteiger charge is -2.16. The van der Waals surface area contributed by atoms with E-state index in [9.17, 15) is 9.59 Å². The second kappa shape index (κ2) is 10.7. The van der Waals surface area contributed by atoms with Crippen molar-refractivity contribution in [3.05, 3.63) is 54.1 Å². The first-order valence-electron chi connectivity index (χ1n) is 9.26. The number of amides is 2. The Morgan fingerprint density at radius 3 is 2.48 bits per heavy atom. The molecule has 0 saturated heterocycles. The molecule has 2 aromatic carbocycles.